The van der Waals surface area contributed by atoms with Gasteiger partial charge in [0.2, 0.25) is 0 Å². The molecular weight excluding hydrogens is 410 g/mol. The molecule has 3 aromatic carbocycles. The van der Waals surface area contributed by atoms with Crippen molar-refractivity contribution >= 4 is 11.9 Å². The summed E-state index contributed by atoms with van der Waals surface area (Å²) in [5.41, 5.74) is 2.78. The highest BCUT2D eigenvalue weighted by molar-refractivity contribution is 6.09. The fraction of sp³-hybridized carbons (Fsp3) is 0.286. The summed E-state index contributed by atoms with van der Waals surface area (Å²) in [5.74, 6) is -0.264. The fourth-order valence-corrected chi connectivity index (χ4v) is 4.35. The first kappa shape index (κ1) is 22.7. The molecule has 33 heavy (non-hydrogen) atoms. The van der Waals surface area contributed by atoms with Crippen molar-refractivity contribution in [3.05, 3.63) is 107 Å². The second kappa shape index (κ2) is 8.83. The Bertz CT molecular complexity index is 1080. The van der Waals surface area contributed by atoms with Crippen molar-refractivity contribution in [3.63, 3.8) is 0 Å². The third-order valence-electron chi connectivity index (χ3n) is 6.17. The minimum Gasteiger partial charge on any atom is -0.315 e. The van der Waals surface area contributed by atoms with E-state index in [1.54, 1.807) is 0 Å². The maximum atomic E-state index is 13.8. The number of carbonyl (C=O) groups is 2. The van der Waals surface area contributed by atoms with Crippen LogP contribution in [0.5, 0.6) is 0 Å². The maximum Gasteiger partial charge on any atom is 0.326 e. The summed E-state index contributed by atoms with van der Waals surface area (Å²) < 4.78 is 0. The van der Waals surface area contributed by atoms with E-state index < -0.39 is 5.54 Å². The van der Waals surface area contributed by atoms with Gasteiger partial charge < -0.3 is 5.32 Å². The number of rotatable bonds is 6. The van der Waals surface area contributed by atoms with Crippen molar-refractivity contribution in [2.24, 2.45) is 0 Å². The number of hydrogen-bond donors (Lipinski definition) is 1. The molecule has 0 spiro atoms. The first-order valence-electron chi connectivity index (χ1n) is 11.2. The molecule has 0 bridgehead atoms. The van der Waals surface area contributed by atoms with E-state index in [2.05, 4.69) is 50.4 Å². The topological polar surface area (TPSA) is 52.6 Å². The Morgan fingerprint density at radius 2 is 1.33 bits per heavy atom. The van der Waals surface area contributed by atoms with Crippen molar-refractivity contribution in [1.82, 2.24) is 15.1 Å². The van der Waals surface area contributed by atoms with Gasteiger partial charge in [0.1, 0.15) is 0 Å². The number of urea groups is 1. The third kappa shape index (κ3) is 4.41. The zero-order valence-electron chi connectivity index (χ0n) is 19.7. The summed E-state index contributed by atoms with van der Waals surface area (Å²) in [5, 5.41) is 3.00. The van der Waals surface area contributed by atoms with Gasteiger partial charge in [-0.15, -0.1) is 0 Å². The van der Waals surface area contributed by atoms with Crippen molar-refractivity contribution in [2.45, 2.75) is 38.3 Å². The second-order valence-electron chi connectivity index (χ2n) is 9.75. The highest BCUT2D eigenvalue weighted by Crippen LogP contribution is 2.36. The Labute approximate surface area is 196 Å². The molecule has 3 amide bonds. The lowest BCUT2D eigenvalue weighted by molar-refractivity contribution is -0.131. The lowest BCUT2D eigenvalue weighted by atomic mass is 9.83. The lowest BCUT2D eigenvalue weighted by Gasteiger charge is -2.29. The van der Waals surface area contributed by atoms with E-state index >= 15 is 0 Å². The molecule has 1 heterocycles. The van der Waals surface area contributed by atoms with Crippen molar-refractivity contribution < 1.29 is 9.59 Å². The van der Waals surface area contributed by atoms with Crippen LogP contribution in [-0.2, 0) is 22.3 Å². The molecule has 1 fully saturated rings. The largest absolute Gasteiger partial charge is 0.326 e. The Hall–Kier alpha value is -3.44. The summed E-state index contributed by atoms with van der Waals surface area (Å²) >= 11 is 0. The second-order valence-corrected chi connectivity index (χ2v) is 9.75. The van der Waals surface area contributed by atoms with Crippen LogP contribution in [0.3, 0.4) is 0 Å². The lowest BCUT2D eigenvalue weighted by Crippen LogP contribution is -2.46. The summed E-state index contributed by atoms with van der Waals surface area (Å²) in [6, 6.07) is 27.0. The Morgan fingerprint density at radius 3 is 1.82 bits per heavy atom. The molecule has 4 rings (SSSR count). The van der Waals surface area contributed by atoms with E-state index in [0.717, 1.165) is 16.7 Å². The molecule has 1 saturated heterocycles. The van der Waals surface area contributed by atoms with Gasteiger partial charge in [0.05, 0.1) is 6.67 Å². The standard InChI is InChI=1S/C28H31N3O2/c1-27(2,3)22-17-15-21(16-18-22)19-30(4)20-31-25(32)28(29-26(31)33,23-11-7-5-8-12-23)24-13-9-6-10-14-24/h5-18H,19-20H2,1-4H3,(H,29,33). The number of carbonyl (C=O) groups excluding carboxylic acids is 2. The van der Waals surface area contributed by atoms with Crippen molar-refractivity contribution in [2.75, 3.05) is 13.7 Å². The molecule has 5 heteroatoms. The van der Waals surface area contributed by atoms with Crippen LogP contribution < -0.4 is 5.32 Å². The van der Waals surface area contributed by atoms with Gasteiger partial charge in [0, 0.05) is 6.54 Å². The molecule has 0 aromatic heterocycles. The van der Waals surface area contributed by atoms with E-state index in [-0.39, 0.29) is 24.0 Å². The first-order valence-corrected chi connectivity index (χ1v) is 11.2. The van der Waals surface area contributed by atoms with Crippen LogP contribution in [0.4, 0.5) is 4.79 Å². The van der Waals surface area contributed by atoms with Gasteiger partial charge in [-0.1, -0.05) is 106 Å². The maximum absolute atomic E-state index is 13.8. The molecule has 0 aliphatic carbocycles. The molecule has 3 aromatic rings. The van der Waals surface area contributed by atoms with E-state index in [0.29, 0.717) is 6.54 Å². The Kier molecular flexibility index (Phi) is 6.09. The van der Waals surface area contributed by atoms with Gasteiger partial charge in [0.25, 0.3) is 5.91 Å². The molecule has 1 N–H and O–H groups in total. The van der Waals surface area contributed by atoms with Crippen LogP contribution >= 0.6 is 0 Å². The van der Waals surface area contributed by atoms with Crippen molar-refractivity contribution in [3.8, 4) is 0 Å². The summed E-state index contributed by atoms with van der Waals surface area (Å²) in [4.78, 5) is 30.1. The normalized spacial score (nSPS) is 15.7. The van der Waals surface area contributed by atoms with Crippen LogP contribution in [0.2, 0.25) is 0 Å². The highest BCUT2D eigenvalue weighted by atomic mass is 16.2. The predicted molar refractivity (Wildman–Crippen MR) is 131 cm³/mol. The SMILES string of the molecule is CN(Cc1ccc(C(C)(C)C)cc1)CN1C(=O)NC(c2ccccc2)(c2ccccc2)C1=O. The van der Waals surface area contributed by atoms with E-state index in [9.17, 15) is 9.59 Å². The van der Waals surface area contributed by atoms with Gasteiger partial charge in [-0.25, -0.2) is 9.69 Å². The Balaban J connectivity index is 1.57. The zero-order chi connectivity index (χ0) is 23.6. The molecule has 0 radical (unpaired) electrons. The quantitative estimate of drug-likeness (QED) is 0.556. The van der Waals surface area contributed by atoms with Gasteiger partial charge in [-0.05, 0) is 34.7 Å². The van der Waals surface area contributed by atoms with Crippen molar-refractivity contribution in [1.29, 1.82) is 0 Å². The van der Waals surface area contributed by atoms with Gasteiger partial charge in [0.15, 0.2) is 5.54 Å². The molecule has 0 saturated carbocycles. The number of amides is 3. The summed E-state index contributed by atoms with van der Waals surface area (Å²) in [6.07, 6.45) is 0. The fourth-order valence-electron chi connectivity index (χ4n) is 4.35. The molecule has 5 nitrogen and oxygen atoms in total. The van der Waals surface area contributed by atoms with E-state index in [1.807, 2.05) is 72.6 Å². The monoisotopic (exact) mass is 441 g/mol. The minimum atomic E-state index is -1.23. The minimum absolute atomic E-state index is 0.0999. The molecule has 0 atom stereocenters. The summed E-state index contributed by atoms with van der Waals surface area (Å²) in [7, 11) is 1.92. The van der Waals surface area contributed by atoms with Crippen LogP contribution in [0, 0.1) is 0 Å². The van der Waals surface area contributed by atoms with Gasteiger partial charge >= 0.3 is 6.03 Å². The molecule has 170 valence electrons. The average molecular weight is 442 g/mol. The first-order chi connectivity index (χ1) is 15.7. The molecular formula is C28H31N3O2. The van der Waals surface area contributed by atoms with Gasteiger partial charge in [-0.3, -0.25) is 9.69 Å². The third-order valence-corrected chi connectivity index (χ3v) is 6.17. The number of nitrogens with one attached hydrogen (secondary N) is 1. The number of nitrogens with zero attached hydrogens (tertiary/aromatic N) is 2. The van der Waals surface area contributed by atoms with E-state index in [4.69, 9.17) is 0 Å². The van der Waals surface area contributed by atoms with Crippen LogP contribution in [-0.4, -0.2) is 35.5 Å². The highest BCUT2D eigenvalue weighted by Gasteiger charge is 2.53. The van der Waals surface area contributed by atoms with E-state index in [1.165, 1.54) is 10.5 Å². The van der Waals surface area contributed by atoms with Crippen LogP contribution in [0.15, 0.2) is 84.9 Å². The number of imide groups is 1. The molecule has 1 aliphatic rings. The van der Waals surface area contributed by atoms with Gasteiger partial charge in [-0.2, -0.15) is 0 Å². The molecule has 1 aliphatic heterocycles. The Morgan fingerprint density at radius 1 is 0.818 bits per heavy atom. The number of hydrogen-bond acceptors (Lipinski definition) is 3. The molecule has 0 unspecified atom stereocenters. The van der Waals surface area contributed by atoms with Crippen LogP contribution in [0.25, 0.3) is 0 Å². The van der Waals surface area contributed by atoms with Crippen LogP contribution in [0.1, 0.15) is 43.0 Å². The summed E-state index contributed by atoms with van der Waals surface area (Å²) in [6.45, 7) is 7.41. The predicted octanol–water partition coefficient (Wildman–Crippen LogP) is 4.87. The smallest absolute Gasteiger partial charge is 0.315 e. The average Bonchev–Trinajstić information content (AvgIpc) is 3.05. The number of benzene rings is 3. The zero-order valence-corrected chi connectivity index (χ0v) is 19.7.